The summed E-state index contributed by atoms with van der Waals surface area (Å²) in [6.45, 7) is 2.57. The Morgan fingerprint density at radius 3 is 2.91 bits per heavy atom. The number of amides is 1. The molecule has 2 rings (SSSR count). The van der Waals surface area contributed by atoms with Crippen LogP contribution in [-0.4, -0.2) is 43.3 Å². The van der Waals surface area contributed by atoms with E-state index in [4.69, 9.17) is 4.42 Å². The van der Waals surface area contributed by atoms with Crippen molar-refractivity contribution in [2.75, 3.05) is 18.1 Å². The van der Waals surface area contributed by atoms with Gasteiger partial charge in [-0.1, -0.05) is 0 Å². The molecule has 0 radical (unpaired) electrons. The summed E-state index contributed by atoms with van der Waals surface area (Å²) in [5.41, 5.74) is -0.0531. The molecule has 1 fully saturated rings. The molecule has 23 heavy (non-hydrogen) atoms. The summed E-state index contributed by atoms with van der Waals surface area (Å²) in [5, 5.41) is 11.8. The van der Waals surface area contributed by atoms with Gasteiger partial charge in [0.05, 0.1) is 24.3 Å². The van der Waals surface area contributed by atoms with E-state index in [9.17, 15) is 18.5 Å². The molecule has 1 aromatic rings. The van der Waals surface area contributed by atoms with Crippen LogP contribution in [0.3, 0.4) is 0 Å². The van der Waals surface area contributed by atoms with Crippen LogP contribution in [-0.2, 0) is 21.2 Å². The molecule has 0 spiro atoms. The first kappa shape index (κ1) is 17.1. The molecule has 7 nitrogen and oxygen atoms in total. The molecule has 1 atom stereocenters. The van der Waals surface area contributed by atoms with E-state index in [-0.39, 0.29) is 29.7 Å². The summed E-state index contributed by atoms with van der Waals surface area (Å²) in [6.07, 6.45) is 3.46. The molecule has 1 aliphatic heterocycles. The number of furan rings is 1. The molecule has 0 saturated carbocycles. The second-order valence-corrected chi connectivity index (χ2v) is 7.53. The van der Waals surface area contributed by atoms with Crippen molar-refractivity contribution in [3.05, 3.63) is 35.9 Å². The minimum Gasteiger partial charge on any atom is -0.467 e. The van der Waals surface area contributed by atoms with Gasteiger partial charge in [0.2, 0.25) is 0 Å². The van der Waals surface area contributed by atoms with Gasteiger partial charge in [-0.3, -0.25) is 4.79 Å². The number of carbonyl (C=O) groups excluding carboxylic acids is 1. The molecule has 1 saturated heterocycles. The van der Waals surface area contributed by atoms with Gasteiger partial charge in [0.25, 0.3) is 5.91 Å². The minimum atomic E-state index is -3.02. The maximum atomic E-state index is 12.1. The maximum Gasteiger partial charge on any atom is 0.263 e. The zero-order valence-corrected chi connectivity index (χ0v) is 13.7. The van der Waals surface area contributed by atoms with Crippen molar-refractivity contribution in [1.82, 2.24) is 10.2 Å². The van der Waals surface area contributed by atoms with Crippen LogP contribution in [0.25, 0.3) is 0 Å². The highest BCUT2D eigenvalue weighted by atomic mass is 32.2. The predicted octanol–water partition coefficient (Wildman–Crippen LogP) is 0.812. The van der Waals surface area contributed by atoms with Gasteiger partial charge < -0.3 is 14.6 Å². The second kappa shape index (κ2) is 7.33. The molecule has 1 aliphatic rings. The standard InChI is InChI=1S/C15H19N3O4S/c1-2-18(13-5-7-23(20,21)11-13)10-12(8-16)15(19)17-9-14-4-3-6-22-14/h3-4,6,10,13H,2,5,7,9,11H2,1H3,(H,17,19)/b12-10-. The highest BCUT2D eigenvalue weighted by Gasteiger charge is 2.31. The fourth-order valence-corrected chi connectivity index (χ4v) is 4.21. The molecule has 0 bridgehead atoms. The van der Waals surface area contributed by atoms with E-state index in [2.05, 4.69) is 5.32 Å². The van der Waals surface area contributed by atoms with E-state index < -0.39 is 15.7 Å². The zero-order chi connectivity index (χ0) is 16.9. The molecule has 1 amide bonds. The maximum absolute atomic E-state index is 12.1. The van der Waals surface area contributed by atoms with Crippen molar-refractivity contribution in [2.24, 2.45) is 0 Å². The Hall–Kier alpha value is -2.27. The van der Waals surface area contributed by atoms with Gasteiger partial charge >= 0.3 is 0 Å². The number of rotatable bonds is 6. The molecule has 0 aliphatic carbocycles. The number of hydrogen-bond acceptors (Lipinski definition) is 6. The Labute approximate surface area is 135 Å². The SMILES string of the molecule is CCN(/C=C(/C#N)C(=O)NCc1ccco1)C1CCS(=O)(=O)C1. The minimum absolute atomic E-state index is 0.0531. The number of hydrogen-bond donors (Lipinski definition) is 1. The average Bonchev–Trinajstić information content (AvgIpc) is 3.15. The second-order valence-electron chi connectivity index (χ2n) is 5.30. The first-order valence-electron chi connectivity index (χ1n) is 7.34. The van der Waals surface area contributed by atoms with Crippen molar-refractivity contribution < 1.29 is 17.6 Å². The van der Waals surface area contributed by atoms with Crippen LogP contribution >= 0.6 is 0 Å². The molecular weight excluding hydrogens is 318 g/mol. The molecule has 1 aromatic heterocycles. The Bertz CT molecular complexity index is 716. The summed E-state index contributed by atoms with van der Waals surface area (Å²) < 4.78 is 28.3. The van der Waals surface area contributed by atoms with Crippen LogP contribution in [0.1, 0.15) is 19.1 Å². The Kier molecular flexibility index (Phi) is 5.45. The van der Waals surface area contributed by atoms with E-state index >= 15 is 0 Å². The number of carbonyl (C=O) groups is 1. The summed E-state index contributed by atoms with van der Waals surface area (Å²) in [6, 6.07) is 5.11. The smallest absolute Gasteiger partial charge is 0.263 e. The van der Waals surface area contributed by atoms with Crippen LogP contribution < -0.4 is 5.32 Å². The third kappa shape index (κ3) is 4.60. The quantitative estimate of drug-likeness (QED) is 0.609. The van der Waals surface area contributed by atoms with Crippen molar-refractivity contribution in [2.45, 2.75) is 25.9 Å². The fourth-order valence-electron chi connectivity index (χ4n) is 2.47. The highest BCUT2D eigenvalue weighted by molar-refractivity contribution is 7.91. The monoisotopic (exact) mass is 337 g/mol. The van der Waals surface area contributed by atoms with E-state index in [1.165, 1.54) is 12.5 Å². The Morgan fingerprint density at radius 2 is 2.39 bits per heavy atom. The summed E-state index contributed by atoms with van der Waals surface area (Å²) >= 11 is 0. The third-order valence-electron chi connectivity index (χ3n) is 3.71. The van der Waals surface area contributed by atoms with E-state index in [0.29, 0.717) is 18.7 Å². The van der Waals surface area contributed by atoms with Gasteiger partial charge in [0, 0.05) is 18.8 Å². The Balaban J connectivity index is 2.03. The van der Waals surface area contributed by atoms with Crippen LogP contribution in [0.15, 0.2) is 34.6 Å². The summed E-state index contributed by atoms with van der Waals surface area (Å²) in [4.78, 5) is 13.8. The highest BCUT2D eigenvalue weighted by Crippen LogP contribution is 2.18. The molecule has 8 heteroatoms. The normalized spacial score (nSPS) is 20.0. The number of nitriles is 1. The first-order chi connectivity index (χ1) is 10.9. The molecule has 2 heterocycles. The third-order valence-corrected chi connectivity index (χ3v) is 5.46. The van der Waals surface area contributed by atoms with Gasteiger partial charge in [-0.15, -0.1) is 0 Å². The van der Waals surface area contributed by atoms with Gasteiger partial charge in [-0.25, -0.2) is 8.42 Å². The largest absolute Gasteiger partial charge is 0.467 e. The Morgan fingerprint density at radius 1 is 1.61 bits per heavy atom. The van der Waals surface area contributed by atoms with Gasteiger partial charge in [-0.05, 0) is 25.5 Å². The van der Waals surface area contributed by atoms with Gasteiger partial charge in [0.15, 0.2) is 9.84 Å². The lowest BCUT2D eigenvalue weighted by atomic mass is 10.2. The predicted molar refractivity (Wildman–Crippen MR) is 83.7 cm³/mol. The van der Waals surface area contributed by atoms with E-state index in [1.807, 2.05) is 13.0 Å². The van der Waals surface area contributed by atoms with Crippen LogP contribution in [0.2, 0.25) is 0 Å². The van der Waals surface area contributed by atoms with Gasteiger partial charge in [-0.2, -0.15) is 5.26 Å². The number of sulfone groups is 1. The average molecular weight is 337 g/mol. The number of nitrogens with zero attached hydrogens (tertiary/aromatic N) is 2. The van der Waals surface area contributed by atoms with Crippen molar-refractivity contribution in [3.63, 3.8) is 0 Å². The van der Waals surface area contributed by atoms with Crippen LogP contribution in [0.5, 0.6) is 0 Å². The van der Waals surface area contributed by atoms with Gasteiger partial charge in [0.1, 0.15) is 17.4 Å². The van der Waals surface area contributed by atoms with Crippen LogP contribution in [0.4, 0.5) is 0 Å². The molecule has 0 aromatic carbocycles. The van der Waals surface area contributed by atoms with Crippen molar-refractivity contribution in [1.29, 1.82) is 5.26 Å². The van der Waals surface area contributed by atoms with Crippen molar-refractivity contribution >= 4 is 15.7 Å². The molecular formula is C15H19N3O4S. The van der Waals surface area contributed by atoms with E-state index in [1.54, 1.807) is 17.0 Å². The van der Waals surface area contributed by atoms with Crippen LogP contribution in [0, 0.1) is 11.3 Å². The molecule has 124 valence electrons. The lowest BCUT2D eigenvalue weighted by Gasteiger charge is -2.25. The first-order valence-corrected chi connectivity index (χ1v) is 9.16. The zero-order valence-electron chi connectivity index (χ0n) is 12.9. The number of nitrogens with one attached hydrogen (secondary N) is 1. The lowest BCUT2D eigenvalue weighted by molar-refractivity contribution is -0.117. The summed E-state index contributed by atoms with van der Waals surface area (Å²) in [7, 11) is -3.02. The topological polar surface area (TPSA) is 103 Å². The molecule has 1 N–H and O–H groups in total. The van der Waals surface area contributed by atoms with E-state index in [0.717, 1.165) is 0 Å². The van der Waals surface area contributed by atoms with Crippen molar-refractivity contribution in [3.8, 4) is 6.07 Å². The fraction of sp³-hybridized carbons (Fsp3) is 0.467. The summed E-state index contributed by atoms with van der Waals surface area (Å²) in [5.74, 6) is 0.284. The lowest BCUT2D eigenvalue weighted by Crippen LogP contribution is -2.33. The molecule has 1 unspecified atom stereocenters.